The lowest BCUT2D eigenvalue weighted by atomic mass is 10.0. The summed E-state index contributed by atoms with van der Waals surface area (Å²) in [7, 11) is -3.64. The molecule has 0 saturated carbocycles. The number of sulfonamides is 1. The second-order valence-electron chi connectivity index (χ2n) is 10.1. The van der Waals surface area contributed by atoms with Crippen LogP contribution in [0, 0.1) is 0 Å². The molecule has 2 amide bonds. The topological polar surface area (TPSA) is 96.0 Å². The van der Waals surface area contributed by atoms with Crippen molar-refractivity contribution in [2.75, 3.05) is 23.7 Å². The molecule has 8 nitrogen and oxygen atoms in total. The van der Waals surface area contributed by atoms with Crippen molar-refractivity contribution >= 4 is 39.1 Å². The number of rotatable bonds is 13. The molecule has 10 heteroatoms. The van der Waals surface area contributed by atoms with Crippen LogP contribution in [-0.2, 0) is 26.2 Å². The Balaban J connectivity index is 2.29. The fourth-order valence-corrected chi connectivity index (χ4v) is 5.27. The summed E-state index contributed by atoms with van der Waals surface area (Å²) in [5, 5.41) is 3.48. The van der Waals surface area contributed by atoms with Crippen LogP contribution in [-0.4, -0.2) is 56.1 Å². The van der Waals surface area contributed by atoms with E-state index < -0.39 is 21.6 Å². The highest BCUT2D eigenvalue weighted by molar-refractivity contribution is 7.92. The number of halogens is 1. The molecule has 0 aliphatic heterocycles. The van der Waals surface area contributed by atoms with E-state index in [9.17, 15) is 18.0 Å². The maximum absolute atomic E-state index is 13.6. The van der Waals surface area contributed by atoms with Gasteiger partial charge < -0.3 is 15.0 Å². The summed E-state index contributed by atoms with van der Waals surface area (Å²) in [4.78, 5) is 28.3. The molecular weight excluding hydrogens is 526 g/mol. The maximum atomic E-state index is 13.6. The predicted molar refractivity (Wildman–Crippen MR) is 153 cm³/mol. The van der Waals surface area contributed by atoms with Crippen molar-refractivity contribution in [2.45, 2.75) is 72.0 Å². The number of amides is 2. The number of hydrogen-bond donors (Lipinski definition) is 1. The van der Waals surface area contributed by atoms with Crippen LogP contribution in [0.2, 0.25) is 5.02 Å². The van der Waals surface area contributed by atoms with Gasteiger partial charge in [0, 0.05) is 30.1 Å². The molecule has 210 valence electrons. The Kier molecular flexibility index (Phi) is 11.5. The molecule has 0 spiro atoms. The number of benzene rings is 2. The van der Waals surface area contributed by atoms with Gasteiger partial charge in [0.25, 0.3) is 0 Å². The van der Waals surface area contributed by atoms with E-state index in [1.54, 1.807) is 35.2 Å². The maximum Gasteiger partial charge on any atom is 0.243 e. The largest absolute Gasteiger partial charge is 0.492 e. The highest BCUT2D eigenvalue weighted by atomic mass is 35.5. The molecule has 0 bridgehead atoms. The molecular formula is C28H40ClN3O5S. The van der Waals surface area contributed by atoms with Gasteiger partial charge in [0.05, 0.1) is 18.6 Å². The molecule has 0 fully saturated rings. The minimum Gasteiger partial charge on any atom is -0.492 e. The van der Waals surface area contributed by atoms with Crippen LogP contribution in [0.1, 0.15) is 59.4 Å². The first kappa shape index (κ1) is 31.4. The fourth-order valence-electron chi connectivity index (χ4n) is 4.11. The first-order valence-corrected chi connectivity index (χ1v) is 15.1. The van der Waals surface area contributed by atoms with Gasteiger partial charge in [-0.25, -0.2) is 8.42 Å². The number of nitrogens with one attached hydrogen (secondary N) is 1. The molecule has 0 aliphatic carbocycles. The molecule has 2 rings (SSSR count). The van der Waals surface area contributed by atoms with Crippen LogP contribution >= 0.6 is 11.6 Å². The lowest BCUT2D eigenvalue weighted by Crippen LogP contribution is -2.53. The summed E-state index contributed by atoms with van der Waals surface area (Å²) in [6, 6.07) is 13.4. The first-order valence-electron chi connectivity index (χ1n) is 12.8. The summed E-state index contributed by atoms with van der Waals surface area (Å²) in [5.41, 5.74) is 0.689. The third-order valence-electron chi connectivity index (χ3n) is 5.77. The molecule has 2 aromatic rings. The van der Waals surface area contributed by atoms with E-state index in [2.05, 4.69) is 5.32 Å². The van der Waals surface area contributed by atoms with Crippen molar-refractivity contribution in [3.63, 3.8) is 0 Å². The van der Waals surface area contributed by atoms with E-state index >= 15 is 0 Å². The van der Waals surface area contributed by atoms with Crippen LogP contribution in [0.4, 0.5) is 5.69 Å². The van der Waals surface area contributed by atoms with E-state index in [1.165, 1.54) is 4.31 Å². The van der Waals surface area contributed by atoms with Gasteiger partial charge in [-0.15, -0.1) is 0 Å². The lowest BCUT2D eigenvalue weighted by Gasteiger charge is -2.33. The number of nitrogens with zero attached hydrogens (tertiary/aromatic N) is 2. The zero-order chi connectivity index (χ0) is 28.5. The number of carbonyl (C=O) groups is 2. The summed E-state index contributed by atoms with van der Waals surface area (Å²) in [6.07, 6.45) is 1.84. The molecule has 0 unspecified atom stereocenters. The smallest absolute Gasteiger partial charge is 0.243 e. The molecule has 0 aliphatic rings. The number of anilines is 1. The molecule has 1 atom stereocenters. The first-order chi connectivity index (χ1) is 17.8. The lowest BCUT2D eigenvalue weighted by molar-refractivity contribution is -0.142. The van der Waals surface area contributed by atoms with Crippen molar-refractivity contribution < 1.29 is 22.7 Å². The van der Waals surface area contributed by atoms with E-state index in [1.807, 2.05) is 52.8 Å². The van der Waals surface area contributed by atoms with Crippen LogP contribution in [0.5, 0.6) is 5.75 Å². The standard InChI is InChI=1S/C28H40ClN3O5S/c1-7-23(27(34)30-28(3,4)5)31(20-21-14-9-10-15-22(21)29)26(33)18-13-19-32(38(6,35)36)24-16-11-12-17-25(24)37-8-2/h9-12,14-17,23H,7-8,13,18-20H2,1-6H3,(H,30,34)/t23-/m0/s1. The third kappa shape index (κ3) is 9.20. The summed E-state index contributed by atoms with van der Waals surface area (Å²) in [6.45, 7) is 9.98. The number of para-hydroxylation sites is 2. The van der Waals surface area contributed by atoms with Gasteiger partial charge in [0.15, 0.2) is 0 Å². The van der Waals surface area contributed by atoms with Gasteiger partial charge in [-0.1, -0.05) is 48.9 Å². The molecule has 2 aromatic carbocycles. The van der Waals surface area contributed by atoms with Crippen molar-refractivity contribution in [2.24, 2.45) is 0 Å². The molecule has 0 heterocycles. The van der Waals surface area contributed by atoms with Crippen LogP contribution < -0.4 is 14.4 Å². The second-order valence-corrected chi connectivity index (χ2v) is 12.4. The Labute approximate surface area is 232 Å². The Morgan fingerprint density at radius 2 is 1.68 bits per heavy atom. The summed E-state index contributed by atoms with van der Waals surface area (Å²) >= 11 is 6.39. The SMILES string of the molecule is CCOc1ccccc1N(CCCC(=O)N(Cc1ccccc1Cl)[C@@H](CC)C(=O)NC(C)(C)C)S(C)(=O)=O. The Morgan fingerprint density at radius 1 is 1.05 bits per heavy atom. The normalized spacial score (nSPS) is 12.5. The Bertz CT molecular complexity index is 1200. The van der Waals surface area contributed by atoms with E-state index in [0.29, 0.717) is 29.5 Å². The average Bonchev–Trinajstić information content (AvgIpc) is 2.81. The third-order valence-corrected chi connectivity index (χ3v) is 7.32. The summed E-state index contributed by atoms with van der Waals surface area (Å²) in [5.74, 6) is -0.0480. The van der Waals surface area contributed by atoms with Gasteiger partial charge in [0.2, 0.25) is 21.8 Å². The van der Waals surface area contributed by atoms with Gasteiger partial charge in [0.1, 0.15) is 11.8 Å². The zero-order valence-corrected chi connectivity index (χ0v) is 24.7. The van der Waals surface area contributed by atoms with Gasteiger partial charge >= 0.3 is 0 Å². The number of carbonyl (C=O) groups excluding carboxylic acids is 2. The summed E-state index contributed by atoms with van der Waals surface area (Å²) < 4.78 is 32.2. The quantitative estimate of drug-likeness (QED) is 0.368. The average molecular weight is 566 g/mol. The van der Waals surface area contributed by atoms with Crippen molar-refractivity contribution in [1.82, 2.24) is 10.2 Å². The van der Waals surface area contributed by atoms with Gasteiger partial charge in [-0.3, -0.25) is 13.9 Å². The molecule has 1 N–H and O–H groups in total. The molecule has 38 heavy (non-hydrogen) atoms. The van der Waals surface area contributed by atoms with E-state index in [0.717, 1.165) is 11.8 Å². The zero-order valence-electron chi connectivity index (χ0n) is 23.2. The highest BCUT2D eigenvalue weighted by Gasteiger charge is 2.31. The van der Waals surface area contributed by atoms with Crippen LogP contribution in [0.3, 0.4) is 0 Å². The van der Waals surface area contributed by atoms with Crippen LogP contribution in [0.15, 0.2) is 48.5 Å². The van der Waals surface area contributed by atoms with E-state index in [-0.39, 0.29) is 37.7 Å². The highest BCUT2D eigenvalue weighted by Crippen LogP contribution is 2.30. The van der Waals surface area contributed by atoms with Crippen molar-refractivity contribution in [3.05, 3.63) is 59.1 Å². The van der Waals surface area contributed by atoms with Crippen LogP contribution in [0.25, 0.3) is 0 Å². The fraction of sp³-hybridized carbons (Fsp3) is 0.500. The minimum atomic E-state index is -3.64. The molecule has 0 saturated heterocycles. The number of hydrogen-bond acceptors (Lipinski definition) is 5. The second kappa shape index (κ2) is 13.8. The van der Waals surface area contributed by atoms with E-state index in [4.69, 9.17) is 16.3 Å². The van der Waals surface area contributed by atoms with Gasteiger partial charge in [-0.05, 0) is 64.3 Å². The Morgan fingerprint density at radius 3 is 2.26 bits per heavy atom. The Hall–Kier alpha value is -2.78. The molecule has 0 radical (unpaired) electrons. The number of ether oxygens (including phenoxy) is 1. The molecule has 0 aromatic heterocycles. The monoisotopic (exact) mass is 565 g/mol. The predicted octanol–water partition coefficient (Wildman–Crippen LogP) is 5.01. The van der Waals surface area contributed by atoms with Crippen molar-refractivity contribution in [3.8, 4) is 5.75 Å². The van der Waals surface area contributed by atoms with Gasteiger partial charge in [-0.2, -0.15) is 0 Å². The van der Waals surface area contributed by atoms with Crippen molar-refractivity contribution in [1.29, 1.82) is 0 Å². The minimum absolute atomic E-state index is 0.0482.